The fourth-order valence-corrected chi connectivity index (χ4v) is 2.73. The zero-order chi connectivity index (χ0) is 11.4. The van der Waals surface area contributed by atoms with Gasteiger partial charge in [-0.1, -0.05) is 0 Å². The average Bonchev–Trinajstić information content (AvgIpc) is 2.31. The molecular weight excluding hydrogens is 226 g/mol. The van der Waals surface area contributed by atoms with E-state index in [4.69, 9.17) is 0 Å². The third-order valence-corrected chi connectivity index (χ3v) is 3.69. The molecule has 16 heavy (non-hydrogen) atoms. The van der Waals surface area contributed by atoms with Gasteiger partial charge in [0.05, 0.1) is 9.95 Å². The lowest BCUT2D eigenvalue weighted by Gasteiger charge is -2.21. The first kappa shape index (κ1) is 11.3. The van der Waals surface area contributed by atoms with E-state index in [-0.39, 0.29) is 5.69 Å². The minimum absolute atomic E-state index is 0.0473. The lowest BCUT2D eigenvalue weighted by molar-refractivity contribution is -0.385. The summed E-state index contributed by atoms with van der Waals surface area (Å²) in [5.74, 6) is 0. The van der Waals surface area contributed by atoms with Gasteiger partial charge >= 0.3 is 0 Å². The minimum Gasteiger partial charge on any atom is -0.316 e. The predicted molar refractivity (Wildman–Crippen MR) is 62.6 cm³/mol. The van der Waals surface area contributed by atoms with Gasteiger partial charge in [0.2, 0.25) is 0 Å². The van der Waals surface area contributed by atoms with Crippen LogP contribution in [-0.2, 0) is 0 Å². The molecule has 1 aliphatic rings. The standard InChI is InChI=1S/C10H13N3O2S/c14-13(15)8-3-4-10(12-6-8)16-9-2-1-5-11-7-9/h3-4,6,9,11H,1-2,5,7H2/t9-/m0/s1. The van der Waals surface area contributed by atoms with Gasteiger partial charge < -0.3 is 5.32 Å². The van der Waals surface area contributed by atoms with Crippen LogP contribution in [-0.4, -0.2) is 28.2 Å². The van der Waals surface area contributed by atoms with Gasteiger partial charge in [0.25, 0.3) is 5.69 Å². The molecular formula is C10H13N3O2S. The highest BCUT2D eigenvalue weighted by atomic mass is 32.2. The summed E-state index contributed by atoms with van der Waals surface area (Å²) in [5, 5.41) is 15.2. The molecule has 1 atom stereocenters. The van der Waals surface area contributed by atoms with Crippen molar-refractivity contribution in [2.75, 3.05) is 13.1 Å². The van der Waals surface area contributed by atoms with E-state index < -0.39 is 4.92 Å². The number of aromatic nitrogens is 1. The molecule has 0 bridgehead atoms. The Labute approximate surface area is 97.8 Å². The SMILES string of the molecule is O=[N+]([O-])c1ccc(S[C@H]2CCCNC2)nc1. The van der Waals surface area contributed by atoms with Crippen molar-refractivity contribution >= 4 is 17.4 Å². The number of hydrogen-bond acceptors (Lipinski definition) is 5. The highest BCUT2D eigenvalue weighted by molar-refractivity contribution is 7.99. The van der Waals surface area contributed by atoms with Crippen LogP contribution < -0.4 is 5.32 Å². The van der Waals surface area contributed by atoms with Crippen LogP contribution in [0.15, 0.2) is 23.4 Å². The molecule has 2 heterocycles. The lowest BCUT2D eigenvalue weighted by atomic mass is 10.2. The molecule has 1 N–H and O–H groups in total. The van der Waals surface area contributed by atoms with Crippen molar-refractivity contribution in [3.05, 3.63) is 28.4 Å². The average molecular weight is 239 g/mol. The van der Waals surface area contributed by atoms with Crippen molar-refractivity contribution in [1.29, 1.82) is 0 Å². The number of nitrogens with one attached hydrogen (secondary N) is 1. The molecule has 0 saturated carbocycles. The van der Waals surface area contributed by atoms with E-state index in [0.29, 0.717) is 5.25 Å². The second-order valence-electron chi connectivity index (χ2n) is 3.70. The van der Waals surface area contributed by atoms with E-state index in [1.165, 1.54) is 25.1 Å². The number of pyridine rings is 1. The summed E-state index contributed by atoms with van der Waals surface area (Å²) in [6, 6.07) is 3.23. The van der Waals surface area contributed by atoms with Crippen LogP contribution in [0.2, 0.25) is 0 Å². The van der Waals surface area contributed by atoms with E-state index in [1.807, 2.05) is 0 Å². The van der Waals surface area contributed by atoms with Gasteiger partial charge in [-0.15, -0.1) is 11.8 Å². The monoisotopic (exact) mass is 239 g/mol. The van der Waals surface area contributed by atoms with Crippen molar-refractivity contribution in [1.82, 2.24) is 10.3 Å². The highest BCUT2D eigenvalue weighted by Gasteiger charge is 2.15. The van der Waals surface area contributed by atoms with E-state index in [9.17, 15) is 10.1 Å². The summed E-state index contributed by atoms with van der Waals surface area (Å²) in [5.41, 5.74) is 0.0473. The molecule has 86 valence electrons. The Kier molecular flexibility index (Phi) is 3.74. The zero-order valence-electron chi connectivity index (χ0n) is 8.76. The Morgan fingerprint density at radius 1 is 1.56 bits per heavy atom. The second-order valence-corrected chi connectivity index (χ2v) is 5.02. The molecule has 0 radical (unpaired) electrons. The largest absolute Gasteiger partial charge is 0.316 e. The smallest absolute Gasteiger partial charge is 0.287 e. The van der Waals surface area contributed by atoms with Crippen LogP contribution in [0.3, 0.4) is 0 Å². The van der Waals surface area contributed by atoms with Gasteiger partial charge in [0.15, 0.2) is 0 Å². The summed E-state index contributed by atoms with van der Waals surface area (Å²) in [7, 11) is 0. The molecule has 0 amide bonds. The van der Waals surface area contributed by atoms with Crippen LogP contribution >= 0.6 is 11.8 Å². The number of thioether (sulfide) groups is 1. The van der Waals surface area contributed by atoms with Crippen LogP contribution in [0, 0.1) is 10.1 Å². The Bertz CT molecular complexity index is 363. The fourth-order valence-electron chi connectivity index (χ4n) is 1.64. The van der Waals surface area contributed by atoms with Crippen molar-refractivity contribution in [2.45, 2.75) is 23.1 Å². The predicted octanol–water partition coefficient (Wildman–Crippen LogP) is 1.83. The molecule has 0 aromatic carbocycles. The van der Waals surface area contributed by atoms with Crippen LogP contribution in [0.1, 0.15) is 12.8 Å². The molecule has 2 rings (SSSR count). The van der Waals surface area contributed by atoms with Crippen LogP contribution in [0.4, 0.5) is 5.69 Å². The molecule has 0 unspecified atom stereocenters. The molecule has 1 aliphatic heterocycles. The third-order valence-electron chi connectivity index (χ3n) is 2.47. The van der Waals surface area contributed by atoms with Gasteiger partial charge in [-0.05, 0) is 25.5 Å². The Morgan fingerprint density at radius 2 is 2.44 bits per heavy atom. The molecule has 0 aliphatic carbocycles. The molecule has 0 spiro atoms. The number of nitrogens with zero attached hydrogens (tertiary/aromatic N) is 2. The summed E-state index contributed by atoms with van der Waals surface area (Å²) in [6.45, 7) is 2.08. The zero-order valence-corrected chi connectivity index (χ0v) is 9.57. The highest BCUT2D eigenvalue weighted by Crippen LogP contribution is 2.26. The Hall–Kier alpha value is -1.14. The molecule has 1 fully saturated rings. The fraction of sp³-hybridized carbons (Fsp3) is 0.500. The van der Waals surface area contributed by atoms with Gasteiger partial charge in [-0.25, -0.2) is 4.98 Å². The summed E-state index contributed by atoms with van der Waals surface area (Å²) in [4.78, 5) is 14.1. The first-order valence-electron chi connectivity index (χ1n) is 5.23. The van der Waals surface area contributed by atoms with Crippen molar-refractivity contribution in [3.8, 4) is 0 Å². The van der Waals surface area contributed by atoms with E-state index >= 15 is 0 Å². The van der Waals surface area contributed by atoms with E-state index in [2.05, 4.69) is 10.3 Å². The maximum atomic E-state index is 10.5. The van der Waals surface area contributed by atoms with Gasteiger partial charge in [-0.2, -0.15) is 0 Å². The maximum Gasteiger partial charge on any atom is 0.287 e. The summed E-state index contributed by atoms with van der Waals surface area (Å²) >= 11 is 1.69. The Balaban J connectivity index is 1.96. The molecule has 1 saturated heterocycles. The van der Waals surface area contributed by atoms with Gasteiger partial charge in [0, 0.05) is 17.9 Å². The molecule has 1 aromatic heterocycles. The summed E-state index contributed by atoms with van der Waals surface area (Å²) < 4.78 is 0. The number of nitro groups is 1. The second kappa shape index (κ2) is 5.27. The third kappa shape index (κ3) is 2.93. The topological polar surface area (TPSA) is 68.1 Å². The van der Waals surface area contributed by atoms with Crippen molar-refractivity contribution in [3.63, 3.8) is 0 Å². The lowest BCUT2D eigenvalue weighted by Crippen LogP contribution is -2.31. The van der Waals surface area contributed by atoms with E-state index in [1.54, 1.807) is 17.8 Å². The number of hydrogen-bond donors (Lipinski definition) is 1. The van der Waals surface area contributed by atoms with Crippen LogP contribution in [0.25, 0.3) is 0 Å². The quantitative estimate of drug-likeness (QED) is 0.644. The molecule has 1 aromatic rings. The normalized spacial score (nSPS) is 20.6. The minimum atomic E-state index is -0.427. The van der Waals surface area contributed by atoms with Crippen molar-refractivity contribution in [2.24, 2.45) is 0 Å². The van der Waals surface area contributed by atoms with E-state index in [0.717, 1.165) is 18.1 Å². The summed E-state index contributed by atoms with van der Waals surface area (Å²) in [6.07, 6.45) is 3.68. The number of rotatable bonds is 3. The maximum absolute atomic E-state index is 10.5. The first-order valence-corrected chi connectivity index (χ1v) is 6.11. The van der Waals surface area contributed by atoms with Gasteiger partial charge in [-0.3, -0.25) is 10.1 Å². The molecule has 6 heteroatoms. The van der Waals surface area contributed by atoms with Crippen molar-refractivity contribution < 1.29 is 4.92 Å². The Morgan fingerprint density at radius 3 is 3.00 bits per heavy atom. The first-order chi connectivity index (χ1) is 7.75. The van der Waals surface area contributed by atoms with Gasteiger partial charge in [0.1, 0.15) is 6.20 Å². The number of piperidine rings is 1. The van der Waals surface area contributed by atoms with Crippen LogP contribution in [0.5, 0.6) is 0 Å². The molecule has 5 nitrogen and oxygen atoms in total.